The number of carbonyl (C=O) groups excluding carboxylic acids is 1. The van der Waals surface area contributed by atoms with Gasteiger partial charge in [0.2, 0.25) is 0 Å². The number of aryl methyl sites for hydroxylation is 1. The lowest BCUT2D eigenvalue weighted by atomic mass is 9.92. The number of ether oxygens (including phenoxy) is 2. The second-order valence-corrected chi connectivity index (χ2v) is 6.40. The molecule has 1 amide bonds. The topological polar surface area (TPSA) is 73.3 Å². The van der Waals surface area contributed by atoms with Crippen molar-refractivity contribution in [2.24, 2.45) is 0 Å². The van der Waals surface area contributed by atoms with Crippen molar-refractivity contribution >= 4 is 5.91 Å². The van der Waals surface area contributed by atoms with E-state index < -0.39 is 0 Å². The number of aromatic nitrogens is 2. The minimum absolute atomic E-state index is 0.00516. The van der Waals surface area contributed by atoms with E-state index in [0.717, 1.165) is 25.7 Å². The Morgan fingerprint density at radius 3 is 2.50 bits per heavy atom. The zero-order chi connectivity index (χ0) is 18.5. The van der Waals surface area contributed by atoms with Gasteiger partial charge in [-0.2, -0.15) is 0 Å². The maximum Gasteiger partial charge on any atom is 0.278 e. The average molecular weight is 359 g/mol. The molecule has 1 fully saturated rings. The third-order valence-electron chi connectivity index (χ3n) is 4.55. The van der Waals surface area contributed by atoms with E-state index in [9.17, 15) is 9.18 Å². The fraction of sp³-hybridized carbons (Fsp3) is 0.421. The number of rotatable bonds is 5. The first-order chi connectivity index (χ1) is 12.6. The van der Waals surface area contributed by atoms with Gasteiger partial charge >= 0.3 is 0 Å². The van der Waals surface area contributed by atoms with Gasteiger partial charge in [-0.05, 0) is 50.3 Å². The van der Waals surface area contributed by atoms with Crippen LogP contribution in [0.25, 0.3) is 0 Å². The highest BCUT2D eigenvalue weighted by Gasteiger charge is 2.25. The Balaban J connectivity index is 1.52. The van der Waals surface area contributed by atoms with E-state index in [1.165, 1.54) is 13.2 Å². The number of hydrogen-bond acceptors (Lipinski definition) is 5. The summed E-state index contributed by atoms with van der Waals surface area (Å²) in [5, 5.41) is 2.97. The smallest absolute Gasteiger partial charge is 0.278 e. The Morgan fingerprint density at radius 2 is 1.85 bits per heavy atom. The summed E-state index contributed by atoms with van der Waals surface area (Å²) in [6.45, 7) is 1.67. The number of nitrogens with zero attached hydrogens (tertiary/aromatic N) is 2. The molecule has 0 saturated heterocycles. The Kier molecular flexibility index (Phi) is 5.65. The molecule has 1 aromatic carbocycles. The van der Waals surface area contributed by atoms with Crippen molar-refractivity contribution in [3.63, 3.8) is 0 Å². The van der Waals surface area contributed by atoms with E-state index in [1.54, 1.807) is 31.5 Å². The van der Waals surface area contributed by atoms with Crippen molar-refractivity contribution in [1.82, 2.24) is 15.3 Å². The predicted molar refractivity (Wildman–Crippen MR) is 93.9 cm³/mol. The summed E-state index contributed by atoms with van der Waals surface area (Å²) in [5.74, 6) is 0.137. The summed E-state index contributed by atoms with van der Waals surface area (Å²) in [6, 6.07) is 4.58. The minimum atomic E-state index is -0.368. The molecule has 1 saturated carbocycles. The SMILES string of the molecule is COc1nccnc1OC1CCC(NC(=O)c2ccc(C)c(F)c2)CC1. The molecule has 0 aliphatic heterocycles. The monoisotopic (exact) mass is 359 g/mol. The van der Waals surface area contributed by atoms with Crippen LogP contribution in [-0.4, -0.2) is 35.1 Å². The zero-order valence-corrected chi connectivity index (χ0v) is 14.9. The summed E-state index contributed by atoms with van der Waals surface area (Å²) < 4.78 is 24.6. The zero-order valence-electron chi connectivity index (χ0n) is 14.9. The minimum Gasteiger partial charge on any atom is -0.477 e. The molecule has 2 aromatic rings. The summed E-state index contributed by atoms with van der Waals surface area (Å²) in [6.07, 6.45) is 6.25. The van der Waals surface area contributed by atoms with Crippen molar-refractivity contribution in [3.8, 4) is 11.8 Å². The van der Waals surface area contributed by atoms with Crippen LogP contribution in [0.1, 0.15) is 41.6 Å². The highest BCUT2D eigenvalue weighted by molar-refractivity contribution is 5.94. The molecule has 0 spiro atoms. The third-order valence-corrected chi connectivity index (χ3v) is 4.55. The van der Waals surface area contributed by atoms with Crippen molar-refractivity contribution < 1.29 is 18.7 Å². The van der Waals surface area contributed by atoms with Gasteiger partial charge in [0.1, 0.15) is 11.9 Å². The largest absolute Gasteiger partial charge is 0.477 e. The van der Waals surface area contributed by atoms with Crippen LogP contribution in [0, 0.1) is 12.7 Å². The molecule has 1 aliphatic rings. The van der Waals surface area contributed by atoms with E-state index >= 15 is 0 Å². The molecular weight excluding hydrogens is 337 g/mol. The Bertz CT molecular complexity index is 776. The number of carbonyl (C=O) groups is 1. The van der Waals surface area contributed by atoms with Gasteiger partial charge in [0.05, 0.1) is 7.11 Å². The molecule has 3 rings (SSSR count). The lowest BCUT2D eigenvalue weighted by Gasteiger charge is -2.29. The van der Waals surface area contributed by atoms with E-state index in [1.807, 2.05) is 0 Å². The van der Waals surface area contributed by atoms with Gasteiger partial charge in [0.15, 0.2) is 0 Å². The summed E-state index contributed by atoms with van der Waals surface area (Å²) in [7, 11) is 1.53. The number of nitrogens with one attached hydrogen (secondary N) is 1. The lowest BCUT2D eigenvalue weighted by Crippen LogP contribution is -2.39. The molecular formula is C19H22FN3O3. The van der Waals surface area contributed by atoms with Crippen LogP contribution in [0.2, 0.25) is 0 Å². The van der Waals surface area contributed by atoms with Gasteiger partial charge in [0.25, 0.3) is 17.7 Å². The van der Waals surface area contributed by atoms with Crippen molar-refractivity contribution in [1.29, 1.82) is 0 Å². The van der Waals surface area contributed by atoms with Gasteiger partial charge in [-0.1, -0.05) is 6.07 Å². The maximum atomic E-state index is 13.6. The third kappa shape index (κ3) is 4.28. The van der Waals surface area contributed by atoms with E-state index in [0.29, 0.717) is 22.9 Å². The standard InChI is InChI=1S/C19H22FN3O3/c1-12-3-4-13(11-16(12)20)17(24)23-14-5-7-15(8-6-14)26-19-18(25-2)21-9-10-22-19/h3-4,9-11,14-15H,5-8H2,1-2H3,(H,23,24). The highest BCUT2D eigenvalue weighted by Crippen LogP contribution is 2.27. The van der Waals surface area contributed by atoms with Crippen LogP contribution in [0.3, 0.4) is 0 Å². The van der Waals surface area contributed by atoms with Crippen LogP contribution in [0.15, 0.2) is 30.6 Å². The van der Waals surface area contributed by atoms with E-state index in [4.69, 9.17) is 9.47 Å². The van der Waals surface area contributed by atoms with E-state index in [2.05, 4.69) is 15.3 Å². The van der Waals surface area contributed by atoms with Crippen LogP contribution in [-0.2, 0) is 0 Å². The van der Waals surface area contributed by atoms with Crippen molar-refractivity contribution in [2.75, 3.05) is 7.11 Å². The van der Waals surface area contributed by atoms with Gasteiger partial charge in [-0.15, -0.1) is 0 Å². The van der Waals surface area contributed by atoms with Crippen LogP contribution >= 0.6 is 0 Å². The lowest BCUT2D eigenvalue weighted by molar-refractivity contribution is 0.0886. The van der Waals surface area contributed by atoms with Crippen LogP contribution < -0.4 is 14.8 Å². The molecule has 0 unspecified atom stereocenters. The molecule has 0 radical (unpaired) electrons. The molecule has 26 heavy (non-hydrogen) atoms. The van der Waals surface area contributed by atoms with Crippen molar-refractivity contribution in [2.45, 2.75) is 44.8 Å². The van der Waals surface area contributed by atoms with Gasteiger partial charge in [-0.3, -0.25) is 4.79 Å². The first kappa shape index (κ1) is 18.1. The number of methoxy groups -OCH3 is 1. The van der Waals surface area contributed by atoms with Crippen LogP contribution in [0.5, 0.6) is 11.8 Å². The number of halogens is 1. The molecule has 7 heteroatoms. The summed E-state index contributed by atoms with van der Waals surface area (Å²) in [4.78, 5) is 20.5. The van der Waals surface area contributed by atoms with Gasteiger partial charge < -0.3 is 14.8 Å². The first-order valence-corrected chi connectivity index (χ1v) is 8.65. The molecule has 1 N–H and O–H groups in total. The molecule has 6 nitrogen and oxygen atoms in total. The Labute approximate surface area is 151 Å². The summed E-state index contributed by atoms with van der Waals surface area (Å²) >= 11 is 0. The molecule has 1 aliphatic carbocycles. The normalized spacial score (nSPS) is 19.7. The number of benzene rings is 1. The number of hydrogen-bond donors (Lipinski definition) is 1. The summed E-state index contributed by atoms with van der Waals surface area (Å²) in [5.41, 5.74) is 0.870. The maximum absolute atomic E-state index is 13.6. The quantitative estimate of drug-likeness (QED) is 0.888. The fourth-order valence-electron chi connectivity index (χ4n) is 3.02. The fourth-order valence-corrected chi connectivity index (χ4v) is 3.02. The Hall–Kier alpha value is -2.70. The number of amides is 1. The van der Waals surface area contributed by atoms with Crippen LogP contribution in [0.4, 0.5) is 4.39 Å². The second kappa shape index (κ2) is 8.12. The van der Waals surface area contributed by atoms with Crippen molar-refractivity contribution in [3.05, 3.63) is 47.5 Å². The first-order valence-electron chi connectivity index (χ1n) is 8.65. The molecule has 0 bridgehead atoms. The molecule has 1 heterocycles. The van der Waals surface area contributed by atoms with Gasteiger partial charge in [-0.25, -0.2) is 14.4 Å². The molecule has 138 valence electrons. The molecule has 0 atom stereocenters. The average Bonchev–Trinajstić information content (AvgIpc) is 2.66. The highest BCUT2D eigenvalue weighted by atomic mass is 19.1. The van der Waals surface area contributed by atoms with Gasteiger partial charge in [0, 0.05) is 24.0 Å². The molecule has 1 aromatic heterocycles. The predicted octanol–water partition coefficient (Wildman–Crippen LogP) is 3.05. The van der Waals surface area contributed by atoms with E-state index in [-0.39, 0.29) is 23.9 Å². The second-order valence-electron chi connectivity index (χ2n) is 6.40. The Morgan fingerprint density at radius 1 is 1.15 bits per heavy atom.